The molecule has 1 aliphatic heterocycles. The fraction of sp³-hybridized carbons (Fsp3) is 0.909. The van der Waals surface area contributed by atoms with Crippen LogP contribution in [0.5, 0.6) is 0 Å². The molecular formula is C11H22N2O4. The Kier molecular flexibility index (Phi) is 7.91. The number of aliphatic hydroxyl groups is 1. The van der Waals surface area contributed by atoms with Crippen molar-refractivity contribution >= 4 is 5.91 Å². The first kappa shape index (κ1) is 14.4. The van der Waals surface area contributed by atoms with Crippen molar-refractivity contribution in [2.24, 2.45) is 0 Å². The summed E-state index contributed by atoms with van der Waals surface area (Å²) >= 11 is 0. The molecule has 0 radical (unpaired) electrons. The topological polar surface area (TPSA) is 71.0 Å². The largest absolute Gasteiger partial charge is 0.394 e. The van der Waals surface area contributed by atoms with E-state index in [2.05, 4.69) is 5.32 Å². The Bertz CT molecular complexity index is 208. The van der Waals surface area contributed by atoms with Gasteiger partial charge in [-0.15, -0.1) is 0 Å². The molecule has 0 atom stereocenters. The molecule has 2 N–H and O–H groups in total. The van der Waals surface area contributed by atoms with Crippen LogP contribution < -0.4 is 5.32 Å². The van der Waals surface area contributed by atoms with Gasteiger partial charge in [0.05, 0.1) is 33.0 Å². The zero-order valence-corrected chi connectivity index (χ0v) is 10.2. The van der Waals surface area contributed by atoms with Gasteiger partial charge in [-0.2, -0.15) is 0 Å². The molecule has 0 aromatic carbocycles. The summed E-state index contributed by atoms with van der Waals surface area (Å²) in [5.41, 5.74) is 0. The average Bonchev–Trinajstić information content (AvgIpc) is 2.38. The van der Waals surface area contributed by atoms with E-state index in [9.17, 15) is 4.79 Å². The molecule has 0 saturated carbocycles. The van der Waals surface area contributed by atoms with E-state index in [1.165, 1.54) is 0 Å². The van der Waals surface area contributed by atoms with Crippen molar-refractivity contribution in [3.8, 4) is 0 Å². The SMILES string of the molecule is O=C(CNCCCOCCO)N1CCOCC1. The summed E-state index contributed by atoms with van der Waals surface area (Å²) in [7, 11) is 0. The Morgan fingerprint density at radius 1 is 1.35 bits per heavy atom. The average molecular weight is 246 g/mol. The third kappa shape index (κ3) is 6.58. The van der Waals surface area contributed by atoms with Crippen LogP contribution in [0.15, 0.2) is 0 Å². The maximum absolute atomic E-state index is 11.7. The molecule has 1 saturated heterocycles. The number of hydrogen-bond donors (Lipinski definition) is 2. The number of nitrogens with one attached hydrogen (secondary N) is 1. The number of hydrogen-bond acceptors (Lipinski definition) is 5. The van der Waals surface area contributed by atoms with Gasteiger partial charge < -0.3 is 24.8 Å². The second kappa shape index (κ2) is 9.35. The number of nitrogens with zero attached hydrogens (tertiary/aromatic N) is 1. The fourth-order valence-corrected chi connectivity index (χ4v) is 1.59. The second-order valence-electron chi connectivity index (χ2n) is 3.86. The van der Waals surface area contributed by atoms with Gasteiger partial charge in [0, 0.05) is 19.7 Å². The van der Waals surface area contributed by atoms with E-state index in [0.29, 0.717) is 46.1 Å². The number of aliphatic hydroxyl groups excluding tert-OH is 1. The number of amides is 1. The van der Waals surface area contributed by atoms with Crippen LogP contribution in [0.3, 0.4) is 0 Å². The zero-order chi connectivity index (χ0) is 12.3. The molecule has 100 valence electrons. The van der Waals surface area contributed by atoms with E-state index in [1.807, 2.05) is 4.90 Å². The molecule has 0 aromatic rings. The second-order valence-corrected chi connectivity index (χ2v) is 3.86. The molecule has 0 aliphatic carbocycles. The third-order valence-corrected chi connectivity index (χ3v) is 2.52. The van der Waals surface area contributed by atoms with Crippen LogP contribution in [0.25, 0.3) is 0 Å². The number of morpholine rings is 1. The molecule has 1 aliphatic rings. The molecule has 17 heavy (non-hydrogen) atoms. The fourth-order valence-electron chi connectivity index (χ4n) is 1.59. The van der Waals surface area contributed by atoms with E-state index in [-0.39, 0.29) is 12.5 Å². The van der Waals surface area contributed by atoms with Crippen molar-refractivity contribution in [1.82, 2.24) is 10.2 Å². The van der Waals surface area contributed by atoms with Gasteiger partial charge in [-0.05, 0) is 13.0 Å². The highest BCUT2D eigenvalue weighted by Gasteiger charge is 2.15. The molecule has 6 heteroatoms. The summed E-state index contributed by atoms with van der Waals surface area (Å²) in [5.74, 6) is 0.129. The van der Waals surface area contributed by atoms with Crippen molar-refractivity contribution in [3.05, 3.63) is 0 Å². The van der Waals surface area contributed by atoms with Crippen LogP contribution >= 0.6 is 0 Å². The van der Waals surface area contributed by atoms with Crippen LogP contribution in [0, 0.1) is 0 Å². The predicted molar refractivity (Wildman–Crippen MR) is 62.8 cm³/mol. The van der Waals surface area contributed by atoms with E-state index < -0.39 is 0 Å². The molecule has 0 unspecified atom stereocenters. The summed E-state index contributed by atoms with van der Waals surface area (Å²) in [4.78, 5) is 13.5. The van der Waals surface area contributed by atoms with Crippen molar-refractivity contribution in [3.63, 3.8) is 0 Å². The molecule has 1 rings (SSSR count). The number of carbonyl (C=O) groups excluding carboxylic acids is 1. The summed E-state index contributed by atoms with van der Waals surface area (Å²) in [6.45, 7) is 4.85. The van der Waals surface area contributed by atoms with Gasteiger partial charge in [0.25, 0.3) is 0 Å². The monoisotopic (exact) mass is 246 g/mol. The molecule has 0 aromatic heterocycles. The van der Waals surface area contributed by atoms with Gasteiger partial charge in [0.2, 0.25) is 5.91 Å². The van der Waals surface area contributed by atoms with E-state index >= 15 is 0 Å². The lowest BCUT2D eigenvalue weighted by Gasteiger charge is -2.26. The maximum atomic E-state index is 11.7. The standard InChI is InChI=1S/C11H22N2O4/c14-5-9-16-6-1-2-12-10-11(15)13-3-7-17-8-4-13/h12,14H,1-10H2. The van der Waals surface area contributed by atoms with E-state index in [4.69, 9.17) is 14.6 Å². The normalized spacial score (nSPS) is 16.2. The summed E-state index contributed by atoms with van der Waals surface area (Å²) in [5, 5.41) is 11.6. The molecule has 1 heterocycles. The molecule has 1 amide bonds. The highest BCUT2D eigenvalue weighted by Crippen LogP contribution is 1.96. The van der Waals surface area contributed by atoms with E-state index in [1.54, 1.807) is 0 Å². The van der Waals surface area contributed by atoms with Crippen molar-refractivity contribution in [2.45, 2.75) is 6.42 Å². The first-order chi connectivity index (χ1) is 8.34. The van der Waals surface area contributed by atoms with Crippen LogP contribution in [0.1, 0.15) is 6.42 Å². The molecule has 0 spiro atoms. The van der Waals surface area contributed by atoms with Crippen LogP contribution in [0.2, 0.25) is 0 Å². The summed E-state index contributed by atoms with van der Waals surface area (Å²) in [6.07, 6.45) is 0.844. The minimum absolute atomic E-state index is 0.0585. The number of ether oxygens (including phenoxy) is 2. The quantitative estimate of drug-likeness (QED) is 0.528. The lowest BCUT2D eigenvalue weighted by Crippen LogP contribution is -2.44. The maximum Gasteiger partial charge on any atom is 0.236 e. The Hall–Kier alpha value is -0.690. The zero-order valence-electron chi connectivity index (χ0n) is 10.2. The highest BCUT2D eigenvalue weighted by atomic mass is 16.5. The van der Waals surface area contributed by atoms with Gasteiger partial charge in [-0.25, -0.2) is 0 Å². The van der Waals surface area contributed by atoms with Gasteiger partial charge in [0.1, 0.15) is 0 Å². The smallest absolute Gasteiger partial charge is 0.236 e. The van der Waals surface area contributed by atoms with E-state index in [0.717, 1.165) is 13.0 Å². The summed E-state index contributed by atoms with van der Waals surface area (Å²) in [6, 6.07) is 0. The minimum Gasteiger partial charge on any atom is -0.394 e. The molecule has 6 nitrogen and oxygen atoms in total. The van der Waals surface area contributed by atoms with Crippen LogP contribution in [0.4, 0.5) is 0 Å². The van der Waals surface area contributed by atoms with Gasteiger partial charge >= 0.3 is 0 Å². The van der Waals surface area contributed by atoms with Gasteiger partial charge in [-0.1, -0.05) is 0 Å². The lowest BCUT2D eigenvalue weighted by molar-refractivity contribution is -0.134. The first-order valence-corrected chi connectivity index (χ1v) is 6.09. The molecule has 1 fully saturated rings. The third-order valence-electron chi connectivity index (χ3n) is 2.52. The number of carbonyl (C=O) groups is 1. The minimum atomic E-state index is 0.0585. The Labute approximate surface area is 102 Å². The van der Waals surface area contributed by atoms with Gasteiger partial charge in [-0.3, -0.25) is 4.79 Å². The Morgan fingerprint density at radius 3 is 2.82 bits per heavy atom. The predicted octanol–water partition coefficient (Wildman–Crippen LogP) is -1.17. The van der Waals surface area contributed by atoms with Crippen LogP contribution in [-0.4, -0.2) is 75.1 Å². The van der Waals surface area contributed by atoms with Gasteiger partial charge in [0.15, 0.2) is 0 Å². The molecule has 0 bridgehead atoms. The van der Waals surface area contributed by atoms with Crippen molar-refractivity contribution in [1.29, 1.82) is 0 Å². The summed E-state index contributed by atoms with van der Waals surface area (Å²) < 4.78 is 10.3. The Morgan fingerprint density at radius 2 is 2.12 bits per heavy atom. The Balaban J connectivity index is 1.92. The van der Waals surface area contributed by atoms with Crippen molar-refractivity contribution in [2.75, 3.05) is 59.2 Å². The molecular weight excluding hydrogens is 224 g/mol. The van der Waals surface area contributed by atoms with Crippen LogP contribution in [-0.2, 0) is 14.3 Å². The first-order valence-electron chi connectivity index (χ1n) is 6.09. The van der Waals surface area contributed by atoms with Crippen molar-refractivity contribution < 1.29 is 19.4 Å². The number of rotatable bonds is 8. The lowest BCUT2D eigenvalue weighted by atomic mass is 10.4. The highest BCUT2D eigenvalue weighted by molar-refractivity contribution is 5.78.